The minimum absolute atomic E-state index is 0.375. The van der Waals surface area contributed by atoms with Crippen LogP contribution in [0.1, 0.15) is 34.6 Å². The van der Waals surface area contributed by atoms with Gasteiger partial charge in [0.1, 0.15) is 0 Å². The molecule has 0 aliphatic carbocycles. The first-order valence-electron chi connectivity index (χ1n) is 10.2. The first kappa shape index (κ1) is 21.3. The Hall–Kier alpha value is -3.41. The Labute approximate surface area is 177 Å². The second kappa shape index (κ2) is 9.87. The molecule has 3 rings (SSSR count). The van der Waals surface area contributed by atoms with Crippen molar-refractivity contribution in [1.29, 1.82) is 0 Å². The predicted octanol–water partition coefficient (Wildman–Crippen LogP) is 3.70. The number of para-hydroxylation sites is 2. The lowest BCUT2D eigenvalue weighted by molar-refractivity contribution is -0.117. The van der Waals surface area contributed by atoms with Crippen LogP contribution in [0.4, 0.5) is 5.69 Å². The fourth-order valence-corrected chi connectivity index (χ4v) is 3.47. The molecule has 0 spiro atoms. The Morgan fingerprint density at radius 2 is 1.60 bits per heavy atom. The molecule has 6 nitrogen and oxygen atoms in total. The molecule has 1 aromatic heterocycles. The molecule has 156 valence electrons. The molecule has 0 aliphatic rings. The second-order valence-corrected chi connectivity index (χ2v) is 7.34. The smallest absolute Gasteiger partial charge is 0.292 e. The van der Waals surface area contributed by atoms with Crippen LogP contribution < -0.4 is 10.2 Å². The molecular weight excluding hydrogens is 376 g/mol. The van der Waals surface area contributed by atoms with E-state index in [0.717, 1.165) is 30.8 Å². The van der Waals surface area contributed by atoms with E-state index in [1.54, 1.807) is 11.6 Å². The number of unbranched alkanes of at least 4 members (excludes halogenated alkanes) is 1. The maximum Gasteiger partial charge on any atom is 0.292 e. The fraction of sp³-hybridized carbons (Fsp3) is 0.292. The van der Waals surface area contributed by atoms with Crippen LogP contribution in [-0.4, -0.2) is 41.6 Å². The summed E-state index contributed by atoms with van der Waals surface area (Å²) in [6.45, 7) is 4.92. The molecule has 0 radical (unpaired) electrons. The van der Waals surface area contributed by atoms with E-state index < -0.39 is 11.7 Å². The SMILES string of the molecule is Cc1nn(-c2ccccc2)c(C)c1C(=O)C(=O)NCCCCN(C)c1ccccc1. The number of carbonyl (C=O) groups is 2. The van der Waals surface area contributed by atoms with Crippen molar-refractivity contribution < 1.29 is 9.59 Å². The van der Waals surface area contributed by atoms with Gasteiger partial charge < -0.3 is 10.2 Å². The molecule has 0 unspecified atom stereocenters. The number of carbonyl (C=O) groups excluding carboxylic acids is 2. The Kier molecular flexibility index (Phi) is 7.01. The lowest BCUT2D eigenvalue weighted by Gasteiger charge is -2.19. The lowest BCUT2D eigenvalue weighted by Crippen LogP contribution is -2.32. The van der Waals surface area contributed by atoms with Crippen LogP contribution in [0.15, 0.2) is 60.7 Å². The minimum atomic E-state index is -0.578. The highest BCUT2D eigenvalue weighted by molar-refractivity contribution is 6.43. The zero-order valence-electron chi connectivity index (χ0n) is 17.8. The van der Waals surface area contributed by atoms with E-state index in [2.05, 4.69) is 27.4 Å². The number of ketones is 1. The van der Waals surface area contributed by atoms with Gasteiger partial charge in [-0.2, -0.15) is 5.10 Å². The van der Waals surface area contributed by atoms with Crippen molar-refractivity contribution in [3.05, 3.63) is 77.6 Å². The van der Waals surface area contributed by atoms with Crippen LogP contribution in [0, 0.1) is 13.8 Å². The van der Waals surface area contributed by atoms with Gasteiger partial charge in [-0.15, -0.1) is 0 Å². The summed E-state index contributed by atoms with van der Waals surface area (Å²) < 4.78 is 1.70. The largest absolute Gasteiger partial charge is 0.375 e. The zero-order valence-corrected chi connectivity index (χ0v) is 17.8. The van der Waals surface area contributed by atoms with Crippen LogP contribution >= 0.6 is 0 Å². The highest BCUT2D eigenvalue weighted by Gasteiger charge is 2.24. The third-order valence-corrected chi connectivity index (χ3v) is 5.13. The Morgan fingerprint density at radius 1 is 0.967 bits per heavy atom. The first-order chi connectivity index (χ1) is 14.5. The van der Waals surface area contributed by atoms with Crippen molar-refractivity contribution in [3.63, 3.8) is 0 Å². The van der Waals surface area contributed by atoms with Gasteiger partial charge in [0.2, 0.25) is 0 Å². The van der Waals surface area contributed by atoms with E-state index in [4.69, 9.17) is 0 Å². The van der Waals surface area contributed by atoms with E-state index in [-0.39, 0.29) is 0 Å². The molecule has 0 aliphatic heterocycles. The number of nitrogens with zero attached hydrogens (tertiary/aromatic N) is 3. The molecule has 0 saturated carbocycles. The molecule has 30 heavy (non-hydrogen) atoms. The number of aromatic nitrogens is 2. The number of amides is 1. The average Bonchev–Trinajstić information content (AvgIpc) is 3.07. The number of anilines is 1. The van der Waals surface area contributed by atoms with Crippen molar-refractivity contribution in [2.75, 3.05) is 25.0 Å². The summed E-state index contributed by atoms with van der Waals surface area (Å²) in [7, 11) is 2.05. The topological polar surface area (TPSA) is 67.2 Å². The number of hydrogen-bond donors (Lipinski definition) is 1. The summed E-state index contributed by atoms with van der Waals surface area (Å²) >= 11 is 0. The van der Waals surface area contributed by atoms with E-state index >= 15 is 0 Å². The summed E-state index contributed by atoms with van der Waals surface area (Å²) in [5.74, 6) is -1.11. The summed E-state index contributed by atoms with van der Waals surface area (Å²) in [4.78, 5) is 27.3. The van der Waals surface area contributed by atoms with Crippen molar-refractivity contribution in [2.45, 2.75) is 26.7 Å². The first-order valence-corrected chi connectivity index (χ1v) is 10.2. The summed E-state index contributed by atoms with van der Waals surface area (Å²) in [6.07, 6.45) is 1.72. The molecule has 3 aromatic rings. The molecule has 0 fully saturated rings. The van der Waals surface area contributed by atoms with Gasteiger partial charge in [-0.25, -0.2) is 4.68 Å². The van der Waals surface area contributed by atoms with Gasteiger partial charge in [-0.3, -0.25) is 9.59 Å². The molecule has 1 N–H and O–H groups in total. The van der Waals surface area contributed by atoms with Gasteiger partial charge >= 0.3 is 0 Å². The lowest BCUT2D eigenvalue weighted by atomic mass is 10.1. The van der Waals surface area contributed by atoms with Crippen LogP contribution in [0.25, 0.3) is 5.69 Å². The Balaban J connectivity index is 1.52. The van der Waals surface area contributed by atoms with Gasteiger partial charge in [-0.1, -0.05) is 36.4 Å². The second-order valence-electron chi connectivity index (χ2n) is 7.34. The quantitative estimate of drug-likeness (QED) is 0.335. The van der Waals surface area contributed by atoms with Crippen LogP contribution in [-0.2, 0) is 4.79 Å². The number of aryl methyl sites for hydroxylation is 1. The summed E-state index contributed by atoms with van der Waals surface area (Å²) in [5, 5.41) is 7.21. The molecule has 1 amide bonds. The van der Waals surface area contributed by atoms with Crippen LogP contribution in [0.5, 0.6) is 0 Å². The highest BCUT2D eigenvalue weighted by atomic mass is 16.2. The number of nitrogens with one attached hydrogen (secondary N) is 1. The van der Waals surface area contributed by atoms with Crippen LogP contribution in [0.3, 0.4) is 0 Å². The Bertz CT molecular complexity index is 997. The monoisotopic (exact) mass is 404 g/mol. The molecule has 0 atom stereocenters. The van der Waals surface area contributed by atoms with Gasteiger partial charge in [-0.05, 0) is 51.0 Å². The predicted molar refractivity (Wildman–Crippen MR) is 119 cm³/mol. The molecule has 0 bridgehead atoms. The van der Waals surface area contributed by atoms with Gasteiger partial charge in [0.05, 0.1) is 22.6 Å². The third kappa shape index (κ3) is 4.95. The third-order valence-electron chi connectivity index (χ3n) is 5.13. The van der Waals surface area contributed by atoms with E-state index in [1.165, 1.54) is 0 Å². The van der Waals surface area contributed by atoms with Crippen molar-refractivity contribution in [3.8, 4) is 5.69 Å². The standard InChI is InChI=1S/C24H28N4O2/c1-18-22(19(2)28(26-18)21-14-8-5-9-15-21)23(29)24(30)25-16-10-11-17-27(3)20-12-6-4-7-13-20/h4-9,12-15H,10-11,16-17H2,1-3H3,(H,25,30). The van der Waals surface area contributed by atoms with Crippen molar-refractivity contribution in [2.24, 2.45) is 0 Å². The van der Waals surface area contributed by atoms with E-state index in [9.17, 15) is 9.59 Å². The molecular formula is C24H28N4O2. The van der Waals surface area contributed by atoms with Gasteiger partial charge in [0, 0.05) is 25.8 Å². The number of rotatable bonds is 9. The maximum atomic E-state index is 12.7. The molecule has 2 aromatic carbocycles. The van der Waals surface area contributed by atoms with Gasteiger partial charge in [0.15, 0.2) is 0 Å². The fourth-order valence-electron chi connectivity index (χ4n) is 3.47. The summed E-state index contributed by atoms with van der Waals surface area (Å²) in [6, 6.07) is 19.7. The molecule has 6 heteroatoms. The Morgan fingerprint density at radius 3 is 2.27 bits per heavy atom. The molecule has 0 saturated heterocycles. The normalized spacial score (nSPS) is 10.6. The highest BCUT2D eigenvalue weighted by Crippen LogP contribution is 2.18. The minimum Gasteiger partial charge on any atom is -0.375 e. The van der Waals surface area contributed by atoms with Crippen LogP contribution in [0.2, 0.25) is 0 Å². The van der Waals surface area contributed by atoms with Crippen molar-refractivity contribution >= 4 is 17.4 Å². The van der Waals surface area contributed by atoms with E-state index in [1.807, 2.05) is 62.5 Å². The van der Waals surface area contributed by atoms with Gasteiger partial charge in [0.25, 0.3) is 11.7 Å². The molecule has 1 heterocycles. The maximum absolute atomic E-state index is 12.7. The zero-order chi connectivity index (χ0) is 21.5. The summed E-state index contributed by atoms with van der Waals surface area (Å²) in [5.41, 5.74) is 3.63. The number of Topliss-reactive ketones (excluding diaryl/α,β-unsaturated/α-hetero) is 1. The van der Waals surface area contributed by atoms with E-state index in [0.29, 0.717) is 23.5 Å². The average molecular weight is 405 g/mol. The van der Waals surface area contributed by atoms with Crippen molar-refractivity contribution in [1.82, 2.24) is 15.1 Å². The number of hydrogen-bond acceptors (Lipinski definition) is 4. The number of benzene rings is 2.